The van der Waals surface area contributed by atoms with E-state index < -0.39 is 16.8 Å². The van der Waals surface area contributed by atoms with Crippen LogP contribution in [0.5, 0.6) is 0 Å². The molecule has 1 saturated heterocycles. The summed E-state index contributed by atoms with van der Waals surface area (Å²) < 4.78 is 0. The Morgan fingerprint density at radius 1 is 1.53 bits per heavy atom. The minimum Gasteiger partial charge on any atom is -0.481 e. The van der Waals surface area contributed by atoms with Gasteiger partial charge in [0.25, 0.3) is 0 Å². The van der Waals surface area contributed by atoms with E-state index in [1.807, 2.05) is 6.92 Å². The largest absolute Gasteiger partial charge is 0.481 e. The van der Waals surface area contributed by atoms with Crippen molar-refractivity contribution in [3.05, 3.63) is 27.9 Å². The number of nitro groups is 1. The normalized spacial score (nSPS) is 22.5. The highest BCUT2D eigenvalue weighted by Gasteiger charge is 2.37. The minimum absolute atomic E-state index is 0.0561. The summed E-state index contributed by atoms with van der Waals surface area (Å²) in [7, 11) is 0. The van der Waals surface area contributed by atoms with Crippen molar-refractivity contribution < 1.29 is 14.8 Å². The van der Waals surface area contributed by atoms with Crippen molar-refractivity contribution in [3.8, 4) is 0 Å². The van der Waals surface area contributed by atoms with Gasteiger partial charge in [-0.3, -0.25) is 14.9 Å². The van der Waals surface area contributed by atoms with Crippen LogP contribution in [0, 0.1) is 28.9 Å². The van der Waals surface area contributed by atoms with Gasteiger partial charge in [-0.1, -0.05) is 6.92 Å². The Kier molecular flexibility index (Phi) is 3.37. The number of aryl methyl sites for hydroxylation is 1. The molecule has 1 fully saturated rings. The van der Waals surface area contributed by atoms with E-state index in [0.29, 0.717) is 12.2 Å². The van der Waals surface area contributed by atoms with Gasteiger partial charge in [0.1, 0.15) is 0 Å². The summed E-state index contributed by atoms with van der Waals surface area (Å²) in [4.78, 5) is 27.5. The molecule has 1 N–H and O–H groups in total. The third kappa shape index (κ3) is 2.49. The maximum atomic E-state index is 11.1. The molecule has 2 atom stereocenters. The molecule has 0 aromatic carbocycles. The molecule has 1 aromatic rings. The molecule has 0 spiro atoms. The summed E-state index contributed by atoms with van der Waals surface area (Å²) >= 11 is 0. The van der Waals surface area contributed by atoms with Crippen molar-refractivity contribution in [1.82, 2.24) is 4.98 Å². The fourth-order valence-electron chi connectivity index (χ4n) is 2.37. The van der Waals surface area contributed by atoms with Crippen LogP contribution in [0.25, 0.3) is 0 Å². The Morgan fingerprint density at radius 2 is 2.21 bits per heavy atom. The number of carboxylic acids is 1. The van der Waals surface area contributed by atoms with Crippen LogP contribution >= 0.6 is 0 Å². The number of carbonyl (C=O) groups is 1. The Labute approximate surface area is 110 Å². The van der Waals surface area contributed by atoms with E-state index in [1.54, 1.807) is 17.9 Å². The average molecular weight is 265 g/mol. The lowest BCUT2D eigenvalue weighted by Crippen LogP contribution is -2.24. The van der Waals surface area contributed by atoms with Crippen molar-refractivity contribution in [2.45, 2.75) is 13.8 Å². The number of anilines is 1. The van der Waals surface area contributed by atoms with Gasteiger partial charge in [-0.2, -0.15) is 0 Å². The minimum atomic E-state index is -0.870. The number of rotatable bonds is 3. The second kappa shape index (κ2) is 4.83. The Morgan fingerprint density at radius 3 is 2.74 bits per heavy atom. The van der Waals surface area contributed by atoms with Crippen molar-refractivity contribution >= 4 is 17.5 Å². The summed E-state index contributed by atoms with van der Waals surface area (Å²) in [5, 5.41) is 20.1. The Balaban J connectivity index is 2.35. The summed E-state index contributed by atoms with van der Waals surface area (Å²) in [5.74, 6) is -1.17. The van der Waals surface area contributed by atoms with E-state index in [1.165, 1.54) is 6.07 Å². The first-order valence-corrected chi connectivity index (χ1v) is 6.00. The standard InChI is InChI=1S/C12H15N3O4/c1-7-5-14(6-9(7)12(16)17)11-10(15(18)19)4-3-8(2)13-11/h3-4,7,9H,5-6H2,1-2H3,(H,16,17). The van der Waals surface area contributed by atoms with Gasteiger partial charge in [-0.05, 0) is 18.9 Å². The topological polar surface area (TPSA) is 96.6 Å². The molecule has 0 aliphatic carbocycles. The molecular formula is C12H15N3O4. The van der Waals surface area contributed by atoms with E-state index in [-0.39, 0.29) is 24.0 Å². The highest BCUT2D eigenvalue weighted by atomic mass is 16.6. The van der Waals surface area contributed by atoms with Crippen molar-refractivity contribution in [3.63, 3.8) is 0 Å². The van der Waals surface area contributed by atoms with Crippen molar-refractivity contribution in [1.29, 1.82) is 0 Å². The molecule has 1 aliphatic rings. The lowest BCUT2D eigenvalue weighted by atomic mass is 9.99. The first kappa shape index (κ1) is 13.3. The van der Waals surface area contributed by atoms with Crippen LogP contribution in [0.4, 0.5) is 11.5 Å². The Bertz CT molecular complexity index is 532. The summed E-state index contributed by atoms with van der Waals surface area (Å²) in [5.41, 5.74) is 0.593. The molecular weight excluding hydrogens is 250 g/mol. The lowest BCUT2D eigenvalue weighted by molar-refractivity contribution is -0.384. The molecule has 102 valence electrons. The van der Waals surface area contributed by atoms with Gasteiger partial charge in [-0.15, -0.1) is 0 Å². The molecule has 0 radical (unpaired) electrons. The van der Waals surface area contributed by atoms with Gasteiger partial charge < -0.3 is 10.0 Å². The zero-order chi connectivity index (χ0) is 14.2. The van der Waals surface area contributed by atoms with Crippen LogP contribution in [-0.2, 0) is 4.79 Å². The van der Waals surface area contributed by atoms with Crippen LogP contribution < -0.4 is 4.90 Å². The average Bonchev–Trinajstić information content (AvgIpc) is 2.70. The van der Waals surface area contributed by atoms with Crippen molar-refractivity contribution in [2.24, 2.45) is 11.8 Å². The number of nitrogens with zero attached hydrogens (tertiary/aromatic N) is 3. The van der Waals surface area contributed by atoms with E-state index in [0.717, 1.165) is 0 Å². The summed E-state index contributed by atoms with van der Waals surface area (Å²) in [6.07, 6.45) is 0. The van der Waals surface area contributed by atoms with E-state index >= 15 is 0 Å². The summed E-state index contributed by atoms with van der Waals surface area (Å²) in [6.45, 7) is 4.31. The third-order valence-electron chi connectivity index (χ3n) is 3.42. The second-order valence-electron chi connectivity index (χ2n) is 4.88. The van der Waals surface area contributed by atoms with Crippen LogP contribution in [-0.4, -0.2) is 34.1 Å². The van der Waals surface area contributed by atoms with E-state index in [9.17, 15) is 14.9 Å². The van der Waals surface area contributed by atoms with Crippen LogP contribution in [0.2, 0.25) is 0 Å². The number of hydrogen-bond donors (Lipinski definition) is 1. The highest BCUT2D eigenvalue weighted by molar-refractivity contribution is 5.73. The molecule has 7 heteroatoms. The molecule has 0 amide bonds. The lowest BCUT2D eigenvalue weighted by Gasteiger charge is -2.17. The quantitative estimate of drug-likeness (QED) is 0.656. The molecule has 7 nitrogen and oxygen atoms in total. The van der Waals surface area contributed by atoms with Gasteiger partial charge in [-0.25, -0.2) is 4.98 Å². The van der Waals surface area contributed by atoms with Crippen LogP contribution in [0.1, 0.15) is 12.6 Å². The third-order valence-corrected chi connectivity index (χ3v) is 3.42. The molecule has 2 unspecified atom stereocenters. The fourth-order valence-corrected chi connectivity index (χ4v) is 2.37. The first-order chi connectivity index (χ1) is 8.90. The fraction of sp³-hybridized carbons (Fsp3) is 0.500. The predicted molar refractivity (Wildman–Crippen MR) is 68.1 cm³/mol. The maximum Gasteiger partial charge on any atom is 0.311 e. The second-order valence-corrected chi connectivity index (χ2v) is 4.88. The maximum absolute atomic E-state index is 11.1. The van der Waals surface area contributed by atoms with Crippen molar-refractivity contribution in [2.75, 3.05) is 18.0 Å². The van der Waals surface area contributed by atoms with Gasteiger partial charge in [0.2, 0.25) is 5.82 Å². The van der Waals surface area contributed by atoms with Gasteiger partial charge in [0.05, 0.1) is 10.8 Å². The number of aromatic nitrogens is 1. The summed E-state index contributed by atoms with van der Waals surface area (Å²) in [6, 6.07) is 2.99. The van der Waals surface area contributed by atoms with E-state index in [4.69, 9.17) is 5.11 Å². The molecule has 0 bridgehead atoms. The highest BCUT2D eigenvalue weighted by Crippen LogP contribution is 2.32. The van der Waals surface area contributed by atoms with Gasteiger partial charge in [0.15, 0.2) is 0 Å². The monoisotopic (exact) mass is 265 g/mol. The van der Waals surface area contributed by atoms with E-state index in [2.05, 4.69) is 4.98 Å². The molecule has 1 aliphatic heterocycles. The number of aliphatic carboxylic acids is 1. The number of carboxylic acid groups (broad SMARTS) is 1. The van der Waals surface area contributed by atoms with Crippen LogP contribution in [0.15, 0.2) is 12.1 Å². The molecule has 19 heavy (non-hydrogen) atoms. The number of hydrogen-bond acceptors (Lipinski definition) is 5. The van der Waals surface area contributed by atoms with Gasteiger partial charge >= 0.3 is 11.7 Å². The molecule has 2 rings (SSSR count). The number of pyridine rings is 1. The van der Waals surface area contributed by atoms with Crippen LogP contribution in [0.3, 0.4) is 0 Å². The zero-order valence-corrected chi connectivity index (χ0v) is 10.7. The molecule has 2 heterocycles. The van der Waals surface area contributed by atoms with Gasteiger partial charge in [0, 0.05) is 24.8 Å². The Hall–Kier alpha value is -2.18. The predicted octanol–water partition coefficient (Wildman–Crippen LogP) is 1.46. The smallest absolute Gasteiger partial charge is 0.311 e. The zero-order valence-electron chi connectivity index (χ0n) is 10.7. The SMILES string of the molecule is Cc1ccc([N+](=O)[O-])c(N2CC(C)C(C(=O)O)C2)n1. The molecule has 1 aromatic heterocycles. The molecule has 0 saturated carbocycles. The first-order valence-electron chi connectivity index (χ1n) is 6.00.